The van der Waals surface area contributed by atoms with Gasteiger partial charge in [-0.2, -0.15) is 13.2 Å². The van der Waals surface area contributed by atoms with E-state index in [0.29, 0.717) is 31.4 Å². The number of sulfonamides is 1. The van der Waals surface area contributed by atoms with E-state index < -0.39 is 43.3 Å². The number of hydrogen-bond donors (Lipinski definition) is 1. The predicted octanol–water partition coefficient (Wildman–Crippen LogP) is 3.51. The van der Waals surface area contributed by atoms with E-state index in [1.54, 1.807) is 0 Å². The van der Waals surface area contributed by atoms with Crippen LogP contribution in [0, 0.1) is 17.0 Å². The van der Waals surface area contributed by atoms with Gasteiger partial charge in [0.2, 0.25) is 10.0 Å². The topological polar surface area (TPSA) is 95.8 Å². The van der Waals surface area contributed by atoms with Crippen LogP contribution in [0.3, 0.4) is 0 Å². The minimum absolute atomic E-state index is 0.263. The van der Waals surface area contributed by atoms with E-state index >= 15 is 0 Å². The number of nitrogens with zero attached hydrogens (tertiary/aromatic N) is 3. The van der Waals surface area contributed by atoms with Gasteiger partial charge in [0.25, 0.3) is 5.69 Å². The Morgan fingerprint density at radius 1 is 1.09 bits per heavy atom. The molecule has 2 aliphatic rings. The first-order valence-corrected chi connectivity index (χ1v) is 12.8. The summed E-state index contributed by atoms with van der Waals surface area (Å²) >= 11 is 0. The van der Waals surface area contributed by atoms with Gasteiger partial charge in [0, 0.05) is 44.0 Å². The lowest BCUT2D eigenvalue weighted by Gasteiger charge is -2.37. The number of likely N-dealkylation sites (N-methyl/N-ethyl adjacent to an activating group) is 1. The summed E-state index contributed by atoms with van der Waals surface area (Å²) < 4.78 is 67.7. The third-order valence-electron chi connectivity index (χ3n) is 6.77. The second-order valence-electron chi connectivity index (χ2n) is 9.15. The number of alkyl halides is 3. The number of nitro groups is 1. The first kappa shape index (κ1) is 25.4. The summed E-state index contributed by atoms with van der Waals surface area (Å²) in [5, 5.41) is 11.4. The molecular formula is C23H27F3N4O4S. The van der Waals surface area contributed by atoms with Gasteiger partial charge in [-0.05, 0) is 68.1 Å². The zero-order chi connectivity index (χ0) is 25.5. The summed E-state index contributed by atoms with van der Waals surface area (Å²) in [7, 11) is -2.37. The highest BCUT2D eigenvalue weighted by Gasteiger charge is 2.36. The van der Waals surface area contributed by atoms with Gasteiger partial charge in [-0.3, -0.25) is 10.1 Å². The molecule has 4 rings (SSSR count). The molecule has 1 aliphatic heterocycles. The number of halogens is 3. The highest BCUT2D eigenvalue weighted by Crippen LogP contribution is 2.36. The Kier molecular flexibility index (Phi) is 6.82. The second kappa shape index (κ2) is 9.40. The number of benzene rings is 2. The van der Waals surface area contributed by atoms with Gasteiger partial charge in [-0.1, -0.05) is 6.07 Å². The summed E-state index contributed by atoms with van der Waals surface area (Å²) in [6, 6.07) is 5.05. The van der Waals surface area contributed by atoms with E-state index in [2.05, 4.69) is 33.7 Å². The van der Waals surface area contributed by atoms with Crippen molar-refractivity contribution >= 4 is 21.4 Å². The standard InChI is InChI=1S/C23H27F3N4O4S/c1-15-3-7-20(29-11-9-28(2)10-12-29)19-14-17(5-6-18(15)19)27-35(33,34)22-8-4-16(23(24,25)26)13-21(22)30(31)32/h3-4,7-8,13,17,27H,5-6,9-12,14H2,1-2H3/t17-/m1/s1. The first-order valence-electron chi connectivity index (χ1n) is 11.3. The van der Waals surface area contributed by atoms with E-state index in [-0.39, 0.29) is 6.07 Å². The van der Waals surface area contributed by atoms with Crippen molar-refractivity contribution in [2.24, 2.45) is 0 Å². The minimum Gasteiger partial charge on any atom is -0.369 e. The minimum atomic E-state index is -4.83. The van der Waals surface area contributed by atoms with E-state index in [0.717, 1.165) is 43.0 Å². The van der Waals surface area contributed by atoms with Gasteiger partial charge in [0.05, 0.1) is 10.5 Å². The molecule has 0 unspecified atom stereocenters. The van der Waals surface area contributed by atoms with Crippen molar-refractivity contribution in [2.75, 3.05) is 38.1 Å². The summed E-state index contributed by atoms with van der Waals surface area (Å²) in [6.45, 7) is 5.54. The molecule has 2 aromatic carbocycles. The summed E-state index contributed by atoms with van der Waals surface area (Å²) in [6.07, 6.45) is -3.32. The fourth-order valence-electron chi connectivity index (χ4n) is 4.83. The van der Waals surface area contributed by atoms with Crippen molar-refractivity contribution < 1.29 is 26.5 Å². The average molecular weight is 513 g/mol. The zero-order valence-electron chi connectivity index (χ0n) is 19.4. The summed E-state index contributed by atoms with van der Waals surface area (Å²) in [5.74, 6) is 0. The Balaban J connectivity index is 1.62. The van der Waals surface area contributed by atoms with Crippen LogP contribution >= 0.6 is 0 Å². The monoisotopic (exact) mass is 512 g/mol. The van der Waals surface area contributed by atoms with Gasteiger partial charge >= 0.3 is 6.18 Å². The van der Waals surface area contributed by atoms with E-state index in [1.165, 1.54) is 5.56 Å². The molecule has 1 N–H and O–H groups in total. The zero-order valence-corrected chi connectivity index (χ0v) is 20.2. The van der Waals surface area contributed by atoms with Crippen LogP contribution in [0.1, 0.15) is 28.7 Å². The molecule has 2 aromatic rings. The Bertz CT molecular complexity index is 1240. The number of hydrogen-bond acceptors (Lipinski definition) is 6. The molecule has 1 atom stereocenters. The molecule has 8 nitrogen and oxygen atoms in total. The second-order valence-corrected chi connectivity index (χ2v) is 10.8. The number of rotatable bonds is 5. The molecule has 1 saturated heterocycles. The molecular weight excluding hydrogens is 485 g/mol. The molecule has 0 amide bonds. The Morgan fingerprint density at radius 3 is 2.40 bits per heavy atom. The van der Waals surface area contributed by atoms with Gasteiger partial charge < -0.3 is 9.80 Å². The quantitative estimate of drug-likeness (QED) is 0.487. The number of anilines is 1. The van der Waals surface area contributed by atoms with Gasteiger partial charge in [0.1, 0.15) is 0 Å². The van der Waals surface area contributed by atoms with E-state index in [4.69, 9.17) is 0 Å². The van der Waals surface area contributed by atoms with Crippen molar-refractivity contribution in [1.82, 2.24) is 9.62 Å². The average Bonchev–Trinajstić information content (AvgIpc) is 2.79. The molecule has 0 bridgehead atoms. The molecule has 0 saturated carbocycles. The largest absolute Gasteiger partial charge is 0.416 e. The van der Waals surface area contributed by atoms with Crippen LogP contribution in [0.5, 0.6) is 0 Å². The highest BCUT2D eigenvalue weighted by atomic mass is 32.2. The van der Waals surface area contributed by atoms with Gasteiger partial charge in [-0.15, -0.1) is 0 Å². The van der Waals surface area contributed by atoms with Crippen molar-refractivity contribution in [1.29, 1.82) is 0 Å². The normalized spacial score (nSPS) is 19.5. The Morgan fingerprint density at radius 2 is 1.77 bits per heavy atom. The van der Waals surface area contributed by atoms with Crippen LogP contribution in [0.4, 0.5) is 24.5 Å². The third kappa shape index (κ3) is 5.29. The molecule has 1 fully saturated rings. The van der Waals surface area contributed by atoms with Crippen molar-refractivity contribution in [3.63, 3.8) is 0 Å². The van der Waals surface area contributed by atoms with Crippen molar-refractivity contribution in [3.8, 4) is 0 Å². The Labute approximate surface area is 201 Å². The van der Waals surface area contributed by atoms with Crippen LogP contribution in [0.15, 0.2) is 35.2 Å². The highest BCUT2D eigenvalue weighted by molar-refractivity contribution is 7.89. The number of nitrogens with one attached hydrogen (secondary N) is 1. The predicted molar refractivity (Wildman–Crippen MR) is 125 cm³/mol. The lowest BCUT2D eigenvalue weighted by atomic mass is 9.84. The maximum Gasteiger partial charge on any atom is 0.416 e. The van der Waals surface area contributed by atoms with Crippen LogP contribution in [0.2, 0.25) is 0 Å². The molecule has 1 heterocycles. The maximum absolute atomic E-state index is 13.1. The van der Waals surface area contributed by atoms with Crippen LogP contribution in [-0.4, -0.2) is 57.5 Å². The summed E-state index contributed by atoms with van der Waals surface area (Å²) in [4.78, 5) is 14.1. The summed E-state index contributed by atoms with van der Waals surface area (Å²) in [5.41, 5.74) is 2.04. The molecule has 0 radical (unpaired) electrons. The van der Waals surface area contributed by atoms with Crippen molar-refractivity contribution in [3.05, 3.63) is 62.7 Å². The number of piperazine rings is 1. The fourth-order valence-corrected chi connectivity index (χ4v) is 6.25. The maximum atomic E-state index is 13.1. The van der Waals surface area contributed by atoms with E-state index in [1.807, 2.05) is 6.92 Å². The van der Waals surface area contributed by atoms with Gasteiger partial charge in [0.15, 0.2) is 4.90 Å². The first-order chi connectivity index (χ1) is 16.4. The van der Waals surface area contributed by atoms with Crippen molar-refractivity contribution in [2.45, 2.75) is 43.3 Å². The number of nitro benzene ring substituents is 1. The van der Waals surface area contributed by atoms with E-state index in [9.17, 15) is 31.7 Å². The molecule has 12 heteroatoms. The molecule has 0 spiro atoms. The van der Waals surface area contributed by atoms with Gasteiger partial charge in [-0.25, -0.2) is 13.1 Å². The lowest BCUT2D eigenvalue weighted by Crippen LogP contribution is -2.45. The smallest absolute Gasteiger partial charge is 0.369 e. The molecule has 190 valence electrons. The third-order valence-corrected chi connectivity index (χ3v) is 8.34. The van der Waals surface area contributed by atoms with Crippen LogP contribution in [-0.2, 0) is 29.0 Å². The number of aryl methyl sites for hydroxylation is 1. The molecule has 1 aliphatic carbocycles. The molecule has 0 aromatic heterocycles. The van der Waals surface area contributed by atoms with Crippen LogP contribution in [0.25, 0.3) is 0 Å². The number of fused-ring (bicyclic) bond motifs is 1. The lowest BCUT2D eigenvalue weighted by molar-refractivity contribution is -0.388. The SMILES string of the molecule is Cc1ccc(N2CCN(C)CC2)c2c1CC[C@@H](NS(=O)(=O)c1ccc(C(F)(F)F)cc1[N+](=O)[O-])C2. The molecule has 35 heavy (non-hydrogen) atoms. The fraction of sp³-hybridized carbons (Fsp3) is 0.478. The van der Waals surface area contributed by atoms with Crippen LogP contribution < -0.4 is 9.62 Å². The Hall–Kier alpha value is -2.70.